The van der Waals surface area contributed by atoms with Gasteiger partial charge in [0.2, 0.25) is 5.91 Å². The molecular weight excluding hydrogens is 408 g/mol. The topological polar surface area (TPSA) is 101 Å². The molecule has 0 N–H and O–H groups in total. The molecule has 0 unspecified atom stereocenters. The van der Waals surface area contributed by atoms with E-state index in [-0.39, 0.29) is 42.5 Å². The predicted octanol–water partition coefficient (Wildman–Crippen LogP) is 1.74. The van der Waals surface area contributed by atoms with Gasteiger partial charge in [-0.15, -0.1) is 0 Å². The SMILES string of the molecule is Cc1ccc(N2C[C@@H](C(=O)OCCN3C(=O)c4ccccc4S3(=O)=O)CC2=O)cc1. The maximum Gasteiger partial charge on any atom is 0.311 e. The van der Waals surface area contributed by atoms with Crippen molar-refractivity contribution in [2.24, 2.45) is 5.92 Å². The smallest absolute Gasteiger partial charge is 0.311 e. The van der Waals surface area contributed by atoms with E-state index in [0.29, 0.717) is 9.99 Å². The fourth-order valence-electron chi connectivity index (χ4n) is 3.64. The van der Waals surface area contributed by atoms with Crippen molar-refractivity contribution in [1.82, 2.24) is 4.31 Å². The molecule has 0 bridgehead atoms. The minimum Gasteiger partial charge on any atom is -0.463 e. The second kappa shape index (κ2) is 7.56. The Labute approximate surface area is 174 Å². The minimum absolute atomic E-state index is 0.0269. The summed E-state index contributed by atoms with van der Waals surface area (Å²) in [6.45, 7) is 1.60. The van der Waals surface area contributed by atoms with E-state index in [2.05, 4.69) is 0 Å². The highest BCUT2D eigenvalue weighted by Gasteiger charge is 2.41. The van der Waals surface area contributed by atoms with Crippen molar-refractivity contribution in [3.8, 4) is 0 Å². The quantitative estimate of drug-likeness (QED) is 0.673. The Morgan fingerprint density at radius 3 is 2.50 bits per heavy atom. The fourth-order valence-corrected chi connectivity index (χ4v) is 5.19. The molecule has 0 spiro atoms. The third-order valence-electron chi connectivity index (χ3n) is 5.25. The second-order valence-corrected chi connectivity index (χ2v) is 9.12. The van der Waals surface area contributed by atoms with Crippen LogP contribution in [-0.2, 0) is 24.3 Å². The van der Waals surface area contributed by atoms with Crippen molar-refractivity contribution >= 4 is 33.5 Å². The lowest BCUT2D eigenvalue weighted by Gasteiger charge is -2.17. The van der Waals surface area contributed by atoms with Crippen molar-refractivity contribution < 1.29 is 27.5 Å². The first-order valence-electron chi connectivity index (χ1n) is 9.49. The summed E-state index contributed by atoms with van der Waals surface area (Å²) in [6, 6.07) is 13.4. The van der Waals surface area contributed by atoms with E-state index in [0.717, 1.165) is 5.56 Å². The Balaban J connectivity index is 1.35. The second-order valence-electron chi connectivity index (χ2n) is 7.29. The Kier molecular flexibility index (Phi) is 5.07. The number of hydrogen-bond acceptors (Lipinski definition) is 6. The molecule has 2 aliphatic heterocycles. The Morgan fingerprint density at radius 2 is 1.80 bits per heavy atom. The highest BCUT2D eigenvalue weighted by molar-refractivity contribution is 7.90. The van der Waals surface area contributed by atoms with Gasteiger partial charge in [-0.1, -0.05) is 29.8 Å². The molecule has 2 aliphatic rings. The van der Waals surface area contributed by atoms with E-state index in [1.54, 1.807) is 12.1 Å². The van der Waals surface area contributed by atoms with Gasteiger partial charge < -0.3 is 9.64 Å². The lowest BCUT2D eigenvalue weighted by atomic mass is 10.1. The third kappa shape index (κ3) is 3.45. The largest absolute Gasteiger partial charge is 0.463 e. The molecule has 9 heteroatoms. The molecule has 1 atom stereocenters. The lowest BCUT2D eigenvalue weighted by molar-refractivity contribution is -0.148. The van der Waals surface area contributed by atoms with Crippen molar-refractivity contribution in [3.63, 3.8) is 0 Å². The van der Waals surface area contributed by atoms with Crippen molar-refractivity contribution in [1.29, 1.82) is 0 Å². The zero-order valence-corrected chi connectivity index (χ0v) is 17.1. The van der Waals surface area contributed by atoms with E-state index in [1.807, 2.05) is 31.2 Å². The van der Waals surface area contributed by atoms with Crippen LogP contribution in [0.5, 0.6) is 0 Å². The molecule has 2 heterocycles. The number of esters is 1. The molecule has 0 aliphatic carbocycles. The number of rotatable bonds is 5. The number of nitrogens with zero attached hydrogens (tertiary/aromatic N) is 2. The van der Waals surface area contributed by atoms with Crippen molar-refractivity contribution in [2.45, 2.75) is 18.2 Å². The monoisotopic (exact) mass is 428 g/mol. The number of sulfonamides is 1. The third-order valence-corrected chi connectivity index (χ3v) is 7.10. The first-order chi connectivity index (χ1) is 14.3. The first kappa shape index (κ1) is 20.1. The van der Waals surface area contributed by atoms with E-state index in [9.17, 15) is 22.8 Å². The molecule has 8 nitrogen and oxygen atoms in total. The predicted molar refractivity (Wildman–Crippen MR) is 107 cm³/mol. The van der Waals surface area contributed by atoms with Crippen LogP contribution < -0.4 is 4.90 Å². The van der Waals surface area contributed by atoms with Gasteiger partial charge in [-0.3, -0.25) is 14.4 Å². The van der Waals surface area contributed by atoms with Gasteiger partial charge in [-0.25, -0.2) is 12.7 Å². The maximum atomic E-state index is 12.5. The number of fused-ring (bicyclic) bond motifs is 1. The average Bonchev–Trinajstić information content (AvgIpc) is 3.20. The Hall–Kier alpha value is -3.20. The van der Waals surface area contributed by atoms with Crippen molar-refractivity contribution in [3.05, 3.63) is 59.7 Å². The number of carbonyl (C=O) groups excluding carboxylic acids is 3. The standard InChI is InChI=1S/C21H20N2O6S/c1-14-6-8-16(9-7-14)22-13-15(12-19(22)24)21(26)29-11-10-23-20(25)17-4-2-3-5-18(17)30(23,27)28/h2-9,15H,10-13H2,1H3/t15-/m0/s1. The summed E-state index contributed by atoms with van der Waals surface area (Å²) >= 11 is 0. The molecule has 1 fully saturated rings. The summed E-state index contributed by atoms with van der Waals surface area (Å²) in [5.41, 5.74) is 1.89. The molecule has 4 rings (SSSR count). The van der Waals surface area contributed by atoms with Crippen molar-refractivity contribution in [2.75, 3.05) is 24.6 Å². The highest BCUT2D eigenvalue weighted by atomic mass is 32.2. The number of ether oxygens (including phenoxy) is 1. The molecule has 0 aromatic heterocycles. The Bertz CT molecular complexity index is 1130. The van der Waals surface area contributed by atoms with Gasteiger partial charge in [0.1, 0.15) is 11.5 Å². The number of hydrogen-bond donors (Lipinski definition) is 0. The lowest BCUT2D eigenvalue weighted by Crippen LogP contribution is -2.34. The van der Waals surface area contributed by atoms with Gasteiger partial charge in [-0.05, 0) is 31.2 Å². The van der Waals surface area contributed by atoms with E-state index in [4.69, 9.17) is 4.74 Å². The molecule has 2 amide bonds. The zero-order valence-electron chi connectivity index (χ0n) is 16.3. The average molecular weight is 428 g/mol. The van der Waals surface area contributed by atoms with Gasteiger partial charge in [0.15, 0.2) is 0 Å². The normalized spacial score (nSPS) is 19.8. The van der Waals surface area contributed by atoms with Gasteiger partial charge >= 0.3 is 5.97 Å². The maximum absolute atomic E-state index is 12.5. The zero-order chi connectivity index (χ0) is 21.5. The fraction of sp³-hybridized carbons (Fsp3) is 0.286. The van der Waals surface area contributed by atoms with Crippen LogP contribution in [0.4, 0.5) is 5.69 Å². The molecule has 0 radical (unpaired) electrons. The molecule has 1 saturated heterocycles. The van der Waals surface area contributed by atoms with Gasteiger partial charge in [0.25, 0.3) is 15.9 Å². The molecule has 2 aromatic carbocycles. The van der Waals surface area contributed by atoms with Crippen LogP contribution in [0.2, 0.25) is 0 Å². The summed E-state index contributed by atoms with van der Waals surface area (Å²) in [4.78, 5) is 38.6. The minimum atomic E-state index is -3.94. The van der Waals surface area contributed by atoms with Crippen LogP contribution >= 0.6 is 0 Å². The number of carbonyl (C=O) groups is 3. The van der Waals surface area contributed by atoms with Crippen LogP contribution in [0.1, 0.15) is 22.3 Å². The molecule has 2 aromatic rings. The molecule has 30 heavy (non-hydrogen) atoms. The van der Waals surface area contributed by atoms with Crippen LogP contribution in [0.15, 0.2) is 53.4 Å². The summed E-state index contributed by atoms with van der Waals surface area (Å²) in [6.07, 6.45) is 0.0269. The summed E-state index contributed by atoms with van der Waals surface area (Å²) < 4.78 is 30.9. The number of aryl methyl sites for hydroxylation is 1. The van der Waals surface area contributed by atoms with Crippen LogP contribution in [0.3, 0.4) is 0 Å². The van der Waals surface area contributed by atoms with E-state index in [1.165, 1.54) is 17.0 Å². The van der Waals surface area contributed by atoms with E-state index < -0.39 is 27.8 Å². The highest BCUT2D eigenvalue weighted by Crippen LogP contribution is 2.30. The van der Waals surface area contributed by atoms with Gasteiger partial charge in [0, 0.05) is 18.7 Å². The number of benzene rings is 2. The summed E-state index contributed by atoms with van der Waals surface area (Å²) in [5.74, 6) is -2.03. The molecule has 156 valence electrons. The summed E-state index contributed by atoms with van der Waals surface area (Å²) in [5, 5.41) is 0. The number of anilines is 1. The molecular formula is C21H20N2O6S. The van der Waals surface area contributed by atoms with Gasteiger partial charge in [0.05, 0.1) is 18.0 Å². The van der Waals surface area contributed by atoms with Crippen LogP contribution in [0.25, 0.3) is 0 Å². The van der Waals surface area contributed by atoms with E-state index >= 15 is 0 Å². The van der Waals surface area contributed by atoms with Gasteiger partial charge in [-0.2, -0.15) is 0 Å². The Morgan fingerprint density at radius 1 is 1.10 bits per heavy atom. The number of amides is 2. The first-order valence-corrected chi connectivity index (χ1v) is 10.9. The molecule has 0 saturated carbocycles. The van der Waals surface area contributed by atoms with Crippen LogP contribution in [-0.4, -0.2) is 50.2 Å². The summed E-state index contributed by atoms with van der Waals surface area (Å²) in [7, 11) is -3.94. The van der Waals surface area contributed by atoms with Crippen LogP contribution in [0, 0.1) is 12.8 Å².